The number of rotatable bonds is 9. The van der Waals surface area contributed by atoms with E-state index in [9.17, 15) is 71.1 Å². The van der Waals surface area contributed by atoms with E-state index >= 15 is 0 Å². The van der Waals surface area contributed by atoms with Crippen LogP contribution in [-0.4, -0.2) is 134 Å². The van der Waals surface area contributed by atoms with E-state index in [4.69, 9.17) is 0 Å². The van der Waals surface area contributed by atoms with Gasteiger partial charge in [-0.05, 0) is 155 Å². The number of amidine groups is 2. The molecule has 444 valence electrons. The van der Waals surface area contributed by atoms with Gasteiger partial charge in [-0.15, -0.1) is 0 Å². The highest BCUT2D eigenvalue weighted by molar-refractivity contribution is 9.10. The first kappa shape index (κ1) is 62.4. The molecule has 6 heterocycles. The van der Waals surface area contributed by atoms with E-state index in [-0.39, 0.29) is 86.5 Å². The number of aliphatic imine (C=N–C) groups is 2. The Morgan fingerprint density at radius 3 is 1.37 bits per heavy atom. The summed E-state index contributed by atoms with van der Waals surface area (Å²) in [5.41, 5.74) is -1.82. The second-order valence-corrected chi connectivity index (χ2v) is 25.2. The van der Waals surface area contributed by atoms with Crippen molar-refractivity contribution < 1.29 is 71.1 Å². The van der Waals surface area contributed by atoms with E-state index in [1.165, 1.54) is 10.4 Å². The van der Waals surface area contributed by atoms with Crippen LogP contribution in [0.4, 0.5) is 35.1 Å². The second-order valence-electron chi connectivity index (χ2n) is 20.7. The highest BCUT2D eigenvalue weighted by Gasteiger charge is 2.49. The van der Waals surface area contributed by atoms with Crippen LogP contribution in [0.15, 0.2) is 105 Å². The molecule has 4 aromatic rings. The standard InChI is InChI=1S/C28H28F4N4O4S.C16H15F4N3O3S.C12H14BrNO/c1-18-16-21(25(37)35-11-2-3-12-35)5-4-19(18)8-15-41(39,40)36-13-9-27(10-14-36)26(38)33-24(34-27)20-6-7-23(29)22(17-20)28(30,31)32;1-2-27(25,26)23-7-5-15(6-8-23)14(24)21-13(22-15)10-3-4-12(17)11(9-10)16(18,19)20;1-9-8-10(4-5-11(9)13)12(15)14-6-2-3-7-14/h4-8,15-17H,2-3,9-14H2,1H3,(H,33,34,38);2-4,9H,1,5-8H2,(H,21,22,24);4-5,8H,2-3,6-7H2,1H3/b15-8+;;. The molecule has 4 saturated heterocycles. The average Bonchev–Trinajstić information content (AvgIpc) is 3.07. The predicted octanol–water partition coefficient (Wildman–Crippen LogP) is 9.12. The van der Waals surface area contributed by atoms with Gasteiger partial charge in [0.2, 0.25) is 20.0 Å². The van der Waals surface area contributed by atoms with Gasteiger partial charge in [0.05, 0.1) is 11.1 Å². The van der Waals surface area contributed by atoms with Crippen LogP contribution < -0.4 is 10.6 Å². The number of hydrogen-bond acceptors (Lipinski definition) is 10. The summed E-state index contributed by atoms with van der Waals surface area (Å²) in [5, 5.41) is 6.80. The molecule has 16 nitrogen and oxygen atoms in total. The van der Waals surface area contributed by atoms with Crippen molar-refractivity contribution in [1.29, 1.82) is 0 Å². The molecule has 83 heavy (non-hydrogen) atoms. The number of alkyl halides is 6. The van der Waals surface area contributed by atoms with Crippen molar-refractivity contribution in [2.24, 2.45) is 9.98 Å². The molecule has 4 aromatic carbocycles. The number of halogens is 9. The minimum Gasteiger partial charge on any atom is -0.339 e. The Hall–Kier alpha value is -6.68. The van der Waals surface area contributed by atoms with Gasteiger partial charge in [0.15, 0.2) is 0 Å². The molecule has 4 amide bonds. The molecular formula is C56H57BrF8N8O8S2. The van der Waals surface area contributed by atoms with Gasteiger partial charge in [-0.25, -0.2) is 25.6 Å². The molecule has 10 rings (SSSR count). The Morgan fingerprint density at radius 2 is 0.988 bits per heavy atom. The molecule has 0 saturated carbocycles. The molecule has 2 N–H and O–H groups in total. The normalized spacial score (nSPS) is 19.2. The molecule has 6 aliphatic heterocycles. The van der Waals surface area contributed by atoms with Crippen molar-refractivity contribution in [3.63, 3.8) is 0 Å². The first-order valence-electron chi connectivity index (χ1n) is 26.3. The maximum atomic E-state index is 13.7. The average molecular weight is 1270 g/mol. The number of amides is 4. The zero-order chi connectivity index (χ0) is 60.5. The number of hydrogen-bond donors (Lipinski definition) is 2. The highest BCUT2D eigenvalue weighted by atomic mass is 79.9. The first-order valence-corrected chi connectivity index (χ1v) is 30.1. The number of carbonyl (C=O) groups is 4. The van der Waals surface area contributed by atoms with Gasteiger partial charge in [-0.3, -0.25) is 29.2 Å². The van der Waals surface area contributed by atoms with E-state index < -0.39 is 78.1 Å². The Bertz CT molecular complexity index is 3550. The molecule has 0 aliphatic carbocycles. The van der Waals surface area contributed by atoms with Crippen LogP contribution >= 0.6 is 15.9 Å². The lowest BCUT2D eigenvalue weighted by Crippen LogP contribution is -2.50. The molecule has 0 unspecified atom stereocenters. The number of benzene rings is 4. The number of likely N-dealkylation sites (tertiary alicyclic amines) is 2. The summed E-state index contributed by atoms with van der Waals surface area (Å²) >= 11 is 3.44. The van der Waals surface area contributed by atoms with E-state index in [1.54, 1.807) is 30.0 Å². The van der Waals surface area contributed by atoms with Gasteiger partial charge in [0, 0.05) is 89.9 Å². The van der Waals surface area contributed by atoms with Crippen LogP contribution in [0.25, 0.3) is 6.08 Å². The van der Waals surface area contributed by atoms with Crippen LogP contribution in [0.5, 0.6) is 0 Å². The van der Waals surface area contributed by atoms with Crippen molar-refractivity contribution in [2.75, 3.05) is 52.4 Å². The number of sulfonamides is 2. The summed E-state index contributed by atoms with van der Waals surface area (Å²) in [5.74, 6) is -4.00. The lowest BCUT2D eigenvalue weighted by molar-refractivity contribution is -0.140. The molecule has 0 bridgehead atoms. The lowest BCUT2D eigenvalue weighted by Gasteiger charge is -2.34. The van der Waals surface area contributed by atoms with Gasteiger partial charge in [0.1, 0.15) is 34.4 Å². The molecule has 4 fully saturated rings. The summed E-state index contributed by atoms with van der Waals surface area (Å²) in [6, 6.07) is 15.6. The Morgan fingerprint density at radius 1 is 0.590 bits per heavy atom. The van der Waals surface area contributed by atoms with Crippen molar-refractivity contribution in [3.8, 4) is 0 Å². The first-order chi connectivity index (χ1) is 39.0. The fourth-order valence-corrected chi connectivity index (χ4v) is 12.6. The molecule has 27 heteroatoms. The fraction of sp³-hybridized carbons (Fsp3) is 0.393. The summed E-state index contributed by atoms with van der Waals surface area (Å²) in [6.45, 7) is 10.3. The summed E-state index contributed by atoms with van der Waals surface area (Å²) in [4.78, 5) is 62.2. The van der Waals surface area contributed by atoms with Crippen LogP contribution in [0.3, 0.4) is 0 Å². The maximum absolute atomic E-state index is 13.7. The van der Waals surface area contributed by atoms with Crippen molar-refractivity contribution >= 4 is 77.4 Å². The van der Waals surface area contributed by atoms with E-state index in [0.29, 0.717) is 35.4 Å². The molecule has 2 spiro atoms. The monoisotopic (exact) mass is 1260 g/mol. The van der Waals surface area contributed by atoms with Gasteiger partial charge in [-0.1, -0.05) is 28.6 Å². The minimum absolute atomic E-state index is 0.0229. The fourth-order valence-electron chi connectivity index (χ4n) is 10.3. The third kappa shape index (κ3) is 14.0. The van der Waals surface area contributed by atoms with Crippen molar-refractivity contribution in [3.05, 3.63) is 156 Å². The van der Waals surface area contributed by atoms with Crippen molar-refractivity contribution in [1.82, 2.24) is 29.0 Å². The number of carbonyl (C=O) groups excluding carboxylic acids is 4. The van der Waals surface area contributed by atoms with Gasteiger partial charge < -0.3 is 20.4 Å². The topological polar surface area (TPSA) is 198 Å². The van der Waals surface area contributed by atoms with E-state index in [2.05, 4.69) is 43.1 Å². The third-order valence-electron chi connectivity index (χ3n) is 15.2. The van der Waals surface area contributed by atoms with E-state index in [1.807, 2.05) is 30.0 Å². The van der Waals surface area contributed by atoms with Gasteiger partial charge in [-0.2, -0.15) is 35.0 Å². The van der Waals surface area contributed by atoms with Crippen LogP contribution in [0.2, 0.25) is 0 Å². The zero-order valence-electron chi connectivity index (χ0n) is 44.8. The van der Waals surface area contributed by atoms with Crippen LogP contribution in [0, 0.1) is 25.5 Å². The zero-order valence-corrected chi connectivity index (χ0v) is 48.1. The smallest absolute Gasteiger partial charge is 0.339 e. The Labute approximate surface area is 482 Å². The summed E-state index contributed by atoms with van der Waals surface area (Å²) in [7, 11) is -7.49. The van der Waals surface area contributed by atoms with Crippen LogP contribution in [0.1, 0.15) is 111 Å². The Balaban J connectivity index is 0.000000182. The largest absolute Gasteiger partial charge is 0.419 e. The SMILES string of the molecule is C=CS(=O)(=O)N1CCC2(CC1)N=C(c1ccc(F)c(C(F)(F)F)c1)NC2=O.Cc1cc(C(=O)N2CCCC2)ccc1/C=C/S(=O)(=O)N1CCC2(CC1)N=C(c1ccc(F)c(C(F)(F)F)c1)NC2=O.Cc1cc(C(=O)N2CCCC2)ccc1Br. The van der Waals surface area contributed by atoms with Gasteiger partial charge in [0.25, 0.3) is 23.6 Å². The highest BCUT2D eigenvalue weighted by Crippen LogP contribution is 2.37. The second kappa shape index (κ2) is 24.5. The third-order valence-corrected chi connectivity index (χ3v) is 19.2. The molecule has 0 radical (unpaired) electrons. The van der Waals surface area contributed by atoms with Gasteiger partial charge >= 0.3 is 12.4 Å². The summed E-state index contributed by atoms with van der Waals surface area (Å²) < 4.78 is 158. The number of nitrogens with one attached hydrogen (secondary N) is 2. The molecular weight excluding hydrogens is 1210 g/mol. The molecule has 6 aliphatic rings. The minimum atomic E-state index is -4.92. The predicted molar refractivity (Wildman–Crippen MR) is 297 cm³/mol. The number of nitrogens with zero attached hydrogens (tertiary/aromatic N) is 6. The van der Waals surface area contributed by atoms with E-state index in [0.717, 1.165) is 100 Å². The summed E-state index contributed by atoms with van der Waals surface area (Å²) in [6.07, 6.45) is -3.90. The van der Waals surface area contributed by atoms with Crippen LogP contribution in [-0.2, 0) is 42.0 Å². The number of piperidine rings is 2. The number of aryl methyl sites for hydroxylation is 2. The van der Waals surface area contributed by atoms with Crippen molar-refractivity contribution in [2.45, 2.75) is 88.6 Å². The maximum Gasteiger partial charge on any atom is 0.419 e. The molecule has 0 atom stereocenters. The molecule has 0 aromatic heterocycles. The Kier molecular flexibility index (Phi) is 18.4. The lowest BCUT2D eigenvalue weighted by atomic mass is 9.89. The quantitative estimate of drug-likeness (QED) is 0.155.